The Kier molecular flexibility index (Phi) is 4.52. The van der Waals surface area contributed by atoms with E-state index in [2.05, 4.69) is 25.5 Å². The Morgan fingerprint density at radius 3 is 2.77 bits per heavy atom. The van der Waals surface area contributed by atoms with Crippen molar-refractivity contribution in [2.75, 3.05) is 43.4 Å². The minimum absolute atomic E-state index is 0.0747. The molecule has 7 nitrogen and oxygen atoms in total. The van der Waals surface area contributed by atoms with Gasteiger partial charge in [-0.15, -0.1) is 0 Å². The maximum absolute atomic E-state index is 11.9. The van der Waals surface area contributed by atoms with Crippen LogP contribution < -0.4 is 15.5 Å². The van der Waals surface area contributed by atoms with E-state index in [0.717, 1.165) is 56.9 Å². The Labute approximate surface area is 135 Å². The van der Waals surface area contributed by atoms with E-state index in [4.69, 9.17) is 11.6 Å². The van der Waals surface area contributed by atoms with E-state index in [1.807, 2.05) is 11.9 Å². The maximum Gasteiger partial charge on any atom is 0.317 e. The molecule has 0 aromatic carbocycles. The third-order valence-electron chi connectivity index (χ3n) is 4.35. The second-order valence-electron chi connectivity index (χ2n) is 5.61. The van der Waals surface area contributed by atoms with Gasteiger partial charge in [-0.25, -0.2) is 14.8 Å². The van der Waals surface area contributed by atoms with Crippen molar-refractivity contribution in [3.63, 3.8) is 0 Å². The van der Waals surface area contributed by atoms with Crippen LogP contribution >= 0.6 is 11.6 Å². The number of piperidine rings is 1. The number of hydrogen-bond donors (Lipinski definition) is 2. The molecule has 2 aliphatic rings. The Hall–Kier alpha value is -1.76. The molecule has 8 heteroatoms. The van der Waals surface area contributed by atoms with Crippen LogP contribution in [0.4, 0.5) is 16.3 Å². The van der Waals surface area contributed by atoms with Crippen molar-refractivity contribution in [1.29, 1.82) is 0 Å². The first-order chi connectivity index (χ1) is 10.7. The zero-order chi connectivity index (χ0) is 15.5. The average molecular weight is 325 g/mol. The summed E-state index contributed by atoms with van der Waals surface area (Å²) >= 11 is 6.12. The number of carbonyl (C=O) groups excluding carboxylic acids is 1. The van der Waals surface area contributed by atoms with E-state index >= 15 is 0 Å². The number of urea groups is 1. The largest absolute Gasteiger partial charge is 0.383 e. The molecule has 0 bridgehead atoms. The van der Waals surface area contributed by atoms with Crippen LogP contribution in [0.15, 0.2) is 6.33 Å². The quantitative estimate of drug-likeness (QED) is 0.825. The van der Waals surface area contributed by atoms with Crippen LogP contribution in [0, 0.1) is 0 Å². The molecule has 0 atom stereocenters. The van der Waals surface area contributed by atoms with Gasteiger partial charge in [0.2, 0.25) is 0 Å². The molecule has 1 aromatic rings. The van der Waals surface area contributed by atoms with Crippen molar-refractivity contribution < 1.29 is 4.79 Å². The third-order valence-corrected chi connectivity index (χ3v) is 4.64. The lowest BCUT2D eigenvalue weighted by atomic mass is 10.0. The van der Waals surface area contributed by atoms with E-state index in [9.17, 15) is 4.79 Å². The Bertz CT molecular complexity index is 546. The number of nitrogens with zero attached hydrogens (tertiary/aromatic N) is 4. The highest BCUT2D eigenvalue weighted by Crippen LogP contribution is 2.31. The number of aromatic nitrogens is 2. The predicted octanol–water partition coefficient (Wildman–Crippen LogP) is 1.56. The number of carbonyl (C=O) groups is 1. The monoisotopic (exact) mass is 324 g/mol. The molecule has 0 unspecified atom stereocenters. The zero-order valence-corrected chi connectivity index (χ0v) is 13.4. The average Bonchev–Trinajstić information content (AvgIpc) is 2.55. The van der Waals surface area contributed by atoms with Gasteiger partial charge >= 0.3 is 6.03 Å². The van der Waals surface area contributed by atoms with E-state index in [1.54, 1.807) is 0 Å². The molecule has 22 heavy (non-hydrogen) atoms. The Morgan fingerprint density at radius 1 is 1.32 bits per heavy atom. The first-order valence-electron chi connectivity index (χ1n) is 7.68. The summed E-state index contributed by atoms with van der Waals surface area (Å²) in [5.41, 5.74) is 0.762. The number of amides is 2. The van der Waals surface area contributed by atoms with E-state index in [-0.39, 0.29) is 6.03 Å². The number of rotatable bonds is 3. The molecule has 2 fully saturated rings. The van der Waals surface area contributed by atoms with Gasteiger partial charge in [-0.1, -0.05) is 11.6 Å². The minimum Gasteiger partial charge on any atom is -0.383 e. The van der Waals surface area contributed by atoms with Crippen molar-refractivity contribution in [3.05, 3.63) is 11.5 Å². The van der Waals surface area contributed by atoms with Gasteiger partial charge in [0.1, 0.15) is 12.0 Å². The van der Waals surface area contributed by atoms with Crippen LogP contribution in [0.5, 0.6) is 0 Å². The molecular formula is C14H21ClN6O. The number of halogens is 1. The van der Waals surface area contributed by atoms with Crippen LogP contribution in [0.2, 0.25) is 5.15 Å². The highest BCUT2D eigenvalue weighted by molar-refractivity contribution is 6.32. The van der Waals surface area contributed by atoms with Crippen LogP contribution in [0.25, 0.3) is 0 Å². The normalized spacial score (nSPS) is 20.0. The predicted molar refractivity (Wildman–Crippen MR) is 86.5 cm³/mol. The SMILES string of the molecule is CNc1c(Cl)ncnc1N1CCC(N2CCCNC2=O)CC1. The van der Waals surface area contributed by atoms with Gasteiger partial charge in [-0.3, -0.25) is 0 Å². The van der Waals surface area contributed by atoms with E-state index in [0.29, 0.717) is 11.2 Å². The van der Waals surface area contributed by atoms with Gasteiger partial charge in [0.05, 0.1) is 0 Å². The summed E-state index contributed by atoms with van der Waals surface area (Å²) in [7, 11) is 1.82. The molecular weight excluding hydrogens is 304 g/mol. The molecule has 2 N–H and O–H groups in total. The summed E-state index contributed by atoms with van der Waals surface area (Å²) in [6, 6.07) is 0.387. The molecule has 2 aliphatic heterocycles. The summed E-state index contributed by atoms with van der Waals surface area (Å²) in [4.78, 5) is 24.5. The number of nitrogens with one attached hydrogen (secondary N) is 2. The molecule has 1 aromatic heterocycles. The fraction of sp³-hybridized carbons (Fsp3) is 0.643. The van der Waals surface area contributed by atoms with Crippen molar-refractivity contribution in [2.45, 2.75) is 25.3 Å². The molecule has 0 saturated carbocycles. The summed E-state index contributed by atoms with van der Waals surface area (Å²) in [6.45, 7) is 3.36. The second-order valence-corrected chi connectivity index (χ2v) is 5.97. The molecule has 3 rings (SSSR count). The standard InChI is InChI=1S/C14H21ClN6O/c1-16-11-12(15)18-9-19-13(11)20-7-3-10(4-8-20)21-6-2-5-17-14(21)22/h9-10,16H,2-8H2,1H3,(H,17,22). The first-order valence-corrected chi connectivity index (χ1v) is 8.06. The van der Waals surface area contributed by atoms with Crippen LogP contribution in [0.3, 0.4) is 0 Å². The van der Waals surface area contributed by atoms with Crippen LogP contribution in [-0.2, 0) is 0 Å². The van der Waals surface area contributed by atoms with Gasteiger partial charge in [0.15, 0.2) is 11.0 Å². The highest BCUT2D eigenvalue weighted by Gasteiger charge is 2.30. The fourth-order valence-electron chi connectivity index (χ4n) is 3.20. The Balaban J connectivity index is 1.67. The molecule has 3 heterocycles. The minimum atomic E-state index is 0.0747. The molecule has 0 aliphatic carbocycles. The lowest BCUT2D eigenvalue weighted by Gasteiger charge is -2.40. The summed E-state index contributed by atoms with van der Waals surface area (Å²) in [5.74, 6) is 0.837. The maximum atomic E-state index is 11.9. The summed E-state index contributed by atoms with van der Waals surface area (Å²) in [5, 5.41) is 6.43. The van der Waals surface area contributed by atoms with Gasteiger partial charge in [-0.05, 0) is 19.3 Å². The van der Waals surface area contributed by atoms with Crippen molar-refractivity contribution >= 4 is 29.1 Å². The highest BCUT2D eigenvalue weighted by atomic mass is 35.5. The second kappa shape index (κ2) is 6.56. The number of anilines is 2. The Morgan fingerprint density at radius 2 is 2.09 bits per heavy atom. The fourth-order valence-corrected chi connectivity index (χ4v) is 3.42. The van der Waals surface area contributed by atoms with Gasteiger partial charge in [-0.2, -0.15) is 0 Å². The summed E-state index contributed by atoms with van der Waals surface area (Å²) < 4.78 is 0. The molecule has 0 spiro atoms. The van der Waals surface area contributed by atoms with Crippen LogP contribution in [0.1, 0.15) is 19.3 Å². The van der Waals surface area contributed by atoms with Crippen molar-refractivity contribution in [3.8, 4) is 0 Å². The molecule has 0 radical (unpaired) electrons. The van der Waals surface area contributed by atoms with Gasteiger partial charge in [0, 0.05) is 39.3 Å². The van der Waals surface area contributed by atoms with Gasteiger partial charge in [0.25, 0.3) is 0 Å². The lowest BCUT2D eigenvalue weighted by molar-refractivity contribution is 0.149. The van der Waals surface area contributed by atoms with Crippen molar-refractivity contribution in [2.24, 2.45) is 0 Å². The third kappa shape index (κ3) is 2.90. The topological polar surface area (TPSA) is 73.4 Å². The van der Waals surface area contributed by atoms with Gasteiger partial charge < -0.3 is 20.4 Å². The number of hydrogen-bond acceptors (Lipinski definition) is 5. The smallest absolute Gasteiger partial charge is 0.317 e. The molecule has 120 valence electrons. The van der Waals surface area contributed by atoms with E-state index < -0.39 is 0 Å². The molecule has 2 saturated heterocycles. The van der Waals surface area contributed by atoms with Crippen molar-refractivity contribution in [1.82, 2.24) is 20.2 Å². The summed E-state index contributed by atoms with van der Waals surface area (Å²) in [6.07, 6.45) is 4.40. The van der Waals surface area contributed by atoms with Crippen LogP contribution in [-0.4, -0.2) is 60.2 Å². The lowest BCUT2D eigenvalue weighted by Crippen LogP contribution is -2.54. The molecule has 2 amide bonds. The zero-order valence-electron chi connectivity index (χ0n) is 12.7. The first kappa shape index (κ1) is 15.1. The van der Waals surface area contributed by atoms with E-state index in [1.165, 1.54) is 6.33 Å².